The SMILES string of the molecule is Cc1ccc(C(=O)Nc2ccc(C(=O)O)nc2)n1C. The molecule has 2 heterocycles. The molecule has 0 radical (unpaired) electrons. The zero-order chi connectivity index (χ0) is 14.0. The number of carbonyl (C=O) groups excluding carboxylic acids is 1. The maximum absolute atomic E-state index is 12.0. The van der Waals surface area contributed by atoms with Crippen LogP contribution in [0.2, 0.25) is 0 Å². The van der Waals surface area contributed by atoms with Crippen molar-refractivity contribution in [3.8, 4) is 0 Å². The van der Waals surface area contributed by atoms with Gasteiger partial charge in [-0.2, -0.15) is 0 Å². The average Bonchev–Trinajstić information content (AvgIpc) is 2.70. The van der Waals surface area contributed by atoms with Crippen LogP contribution in [0, 0.1) is 6.92 Å². The molecular formula is C13H13N3O3. The standard InChI is InChI=1S/C13H13N3O3/c1-8-3-6-11(16(8)2)12(17)15-9-4-5-10(13(18)19)14-7-9/h3-7H,1-2H3,(H,15,17)(H,18,19). The van der Waals surface area contributed by atoms with Gasteiger partial charge in [-0.25, -0.2) is 9.78 Å². The molecule has 0 atom stereocenters. The van der Waals surface area contributed by atoms with Crippen LogP contribution in [0.1, 0.15) is 26.7 Å². The van der Waals surface area contributed by atoms with Crippen LogP contribution in [-0.2, 0) is 7.05 Å². The normalized spacial score (nSPS) is 10.2. The highest BCUT2D eigenvalue weighted by Crippen LogP contribution is 2.11. The van der Waals surface area contributed by atoms with E-state index in [-0.39, 0.29) is 11.6 Å². The van der Waals surface area contributed by atoms with Gasteiger partial charge in [0.25, 0.3) is 5.91 Å². The van der Waals surface area contributed by atoms with Crippen LogP contribution < -0.4 is 5.32 Å². The second-order valence-electron chi connectivity index (χ2n) is 4.11. The van der Waals surface area contributed by atoms with Gasteiger partial charge in [-0.3, -0.25) is 4.79 Å². The van der Waals surface area contributed by atoms with Crippen molar-refractivity contribution in [3.63, 3.8) is 0 Å². The number of carbonyl (C=O) groups is 2. The minimum absolute atomic E-state index is 0.0623. The fraction of sp³-hybridized carbons (Fsp3) is 0.154. The van der Waals surface area contributed by atoms with E-state index in [0.29, 0.717) is 11.4 Å². The summed E-state index contributed by atoms with van der Waals surface area (Å²) >= 11 is 0. The average molecular weight is 259 g/mol. The van der Waals surface area contributed by atoms with Crippen LogP contribution >= 0.6 is 0 Å². The number of carboxylic acid groups (broad SMARTS) is 1. The third kappa shape index (κ3) is 2.62. The van der Waals surface area contributed by atoms with Gasteiger partial charge in [-0.1, -0.05) is 0 Å². The number of hydrogen-bond donors (Lipinski definition) is 2. The van der Waals surface area contributed by atoms with Gasteiger partial charge in [0.2, 0.25) is 0 Å². The van der Waals surface area contributed by atoms with E-state index in [1.807, 2.05) is 13.0 Å². The Balaban J connectivity index is 2.15. The summed E-state index contributed by atoms with van der Waals surface area (Å²) in [5, 5.41) is 11.4. The molecule has 0 aromatic carbocycles. The van der Waals surface area contributed by atoms with Crippen LogP contribution in [0.15, 0.2) is 30.5 Å². The summed E-state index contributed by atoms with van der Waals surface area (Å²) in [5.41, 5.74) is 1.89. The van der Waals surface area contributed by atoms with Crippen molar-refractivity contribution < 1.29 is 14.7 Å². The number of aryl methyl sites for hydroxylation is 1. The monoisotopic (exact) mass is 259 g/mol. The van der Waals surface area contributed by atoms with Gasteiger partial charge in [0.15, 0.2) is 0 Å². The number of rotatable bonds is 3. The molecule has 6 heteroatoms. The number of pyridine rings is 1. The van der Waals surface area contributed by atoms with E-state index in [0.717, 1.165) is 5.69 Å². The van der Waals surface area contributed by atoms with Gasteiger partial charge in [-0.15, -0.1) is 0 Å². The fourth-order valence-corrected chi connectivity index (χ4v) is 1.63. The van der Waals surface area contributed by atoms with Crippen molar-refractivity contribution in [1.82, 2.24) is 9.55 Å². The van der Waals surface area contributed by atoms with Crippen LogP contribution in [0.25, 0.3) is 0 Å². The molecule has 2 aromatic heterocycles. The summed E-state index contributed by atoms with van der Waals surface area (Å²) in [6.07, 6.45) is 1.32. The molecule has 0 fully saturated rings. The molecule has 0 unspecified atom stereocenters. The lowest BCUT2D eigenvalue weighted by atomic mass is 10.3. The molecule has 0 bridgehead atoms. The third-order valence-corrected chi connectivity index (χ3v) is 2.85. The molecule has 2 aromatic rings. The molecule has 0 spiro atoms. The lowest BCUT2D eigenvalue weighted by molar-refractivity contribution is 0.0690. The second kappa shape index (κ2) is 4.93. The third-order valence-electron chi connectivity index (χ3n) is 2.85. The summed E-state index contributed by atoms with van der Waals surface area (Å²) in [4.78, 5) is 26.4. The minimum Gasteiger partial charge on any atom is -0.477 e. The topological polar surface area (TPSA) is 84.2 Å². The molecule has 0 aliphatic carbocycles. The lowest BCUT2D eigenvalue weighted by Gasteiger charge is -2.07. The minimum atomic E-state index is -1.10. The largest absolute Gasteiger partial charge is 0.477 e. The summed E-state index contributed by atoms with van der Waals surface area (Å²) in [6.45, 7) is 1.90. The molecule has 0 aliphatic heterocycles. The van der Waals surface area contributed by atoms with Crippen molar-refractivity contribution >= 4 is 17.6 Å². The molecular weight excluding hydrogens is 246 g/mol. The molecule has 98 valence electrons. The molecule has 0 aliphatic rings. The van der Waals surface area contributed by atoms with Gasteiger partial charge in [0.1, 0.15) is 11.4 Å². The van der Waals surface area contributed by atoms with Gasteiger partial charge in [-0.05, 0) is 31.2 Å². The predicted molar refractivity (Wildman–Crippen MR) is 69.3 cm³/mol. The van der Waals surface area contributed by atoms with Gasteiger partial charge in [0, 0.05) is 12.7 Å². The molecule has 2 N–H and O–H groups in total. The summed E-state index contributed by atoms with van der Waals surface area (Å²) in [7, 11) is 1.80. The number of carboxylic acids is 1. The van der Waals surface area contributed by atoms with Gasteiger partial charge >= 0.3 is 5.97 Å². The first-order valence-corrected chi connectivity index (χ1v) is 5.62. The number of nitrogens with zero attached hydrogens (tertiary/aromatic N) is 2. The van der Waals surface area contributed by atoms with E-state index in [1.165, 1.54) is 18.3 Å². The highest BCUT2D eigenvalue weighted by molar-refractivity contribution is 6.03. The summed E-state index contributed by atoms with van der Waals surface area (Å²) in [6, 6.07) is 6.42. The fourth-order valence-electron chi connectivity index (χ4n) is 1.63. The summed E-state index contributed by atoms with van der Waals surface area (Å²) < 4.78 is 1.77. The van der Waals surface area contributed by atoms with E-state index in [4.69, 9.17) is 5.11 Å². The maximum atomic E-state index is 12.0. The number of hydrogen-bond acceptors (Lipinski definition) is 3. The maximum Gasteiger partial charge on any atom is 0.354 e. The van der Waals surface area contributed by atoms with Crippen molar-refractivity contribution in [2.45, 2.75) is 6.92 Å². The first-order chi connectivity index (χ1) is 8.99. The lowest BCUT2D eigenvalue weighted by Crippen LogP contribution is -2.16. The van der Waals surface area contributed by atoms with E-state index in [9.17, 15) is 9.59 Å². The number of aromatic carboxylic acids is 1. The molecule has 6 nitrogen and oxygen atoms in total. The zero-order valence-corrected chi connectivity index (χ0v) is 10.5. The Bertz CT molecular complexity index is 629. The summed E-state index contributed by atoms with van der Waals surface area (Å²) in [5.74, 6) is -1.36. The Hall–Kier alpha value is -2.63. The number of amides is 1. The van der Waals surface area contributed by atoms with E-state index < -0.39 is 5.97 Å². The number of aromatic nitrogens is 2. The predicted octanol–water partition coefficient (Wildman–Crippen LogP) is 1.68. The molecule has 1 amide bonds. The van der Waals surface area contributed by atoms with E-state index in [2.05, 4.69) is 10.3 Å². The van der Waals surface area contributed by atoms with Crippen LogP contribution in [0.5, 0.6) is 0 Å². The van der Waals surface area contributed by atoms with Crippen molar-refractivity contribution in [2.75, 3.05) is 5.32 Å². The first kappa shape index (κ1) is 12.8. The van der Waals surface area contributed by atoms with E-state index in [1.54, 1.807) is 17.7 Å². The van der Waals surface area contributed by atoms with Crippen LogP contribution in [0.3, 0.4) is 0 Å². The molecule has 0 saturated carbocycles. The molecule has 19 heavy (non-hydrogen) atoms. The van der Waals surface area contributed by atoms with Crippen molar-refractivity contribution in [3.05, 3.63) is 47.5 Å². The van der Waals surface area contributed by atoms with Crippen LogP contribution in [-0.4, -0.2) is 26.5 Å². The van der Waals surface area contributed by atoms with Crippen LogP contribution in [0.4, 0.5) is 5.69 Å². The Labute approximate surface area is 109 Å². The zero-order valence-electron chi connectivity index (χ0n) is 10.5. The van der Waals surface area contributed by atoms with Gasteiger partial charge in [0.05, 0.1) is 11.9 Å². The Morgan fingerprint density at radius 2 is 2.00 bits per heavy atom. The number of nitrogens with one attached hydrogen (secondary N) is 1. The second-order valence-corrected chi connectivity index (χ2v) is 4.11. The Kier molecular flexibility index (Phi) is 3.33. The van der Waals surface area contributed by atoms with E-state index >= 15 is 0 Å². The molecule has 2 rings (SSSR count). The first-order valence-electron chi connectivity index (χ1n) is 5.62. The highest BCUT2D eigenvalue weighted by atomic mass is 16.4. The molecule has 0 saturated heterocycles. The van der Waals surface area contributed by atoms with Gasteiger partial charge < -0.3 is 15.0 Å². The smallest absolute Gasteiger partial charge is 0.354 e. The number of anilines is 1. The van der Waals surface area contributed by atoms with Crippen molar-refractivity contribution in [2.24, 2.45) is 7.05 Å². The quantitative estimate of drug-likeness (QED) is 0.878. The highest BCUT2D eigenvalue weighted by Gasteiger charge is 2.11. The Morgan fingerprint density at radius 3 is 2.47 bits per heavy atom. The van der Waals surface area contributed by atoms with Crippen molar-refractivity contribution in [1.29, 1.82) is 0 Å². The Morgan fingerprint density at radius 1 is 1.26 bits per heavy atom.